The molecule has 0 bridgehead atoms. The van der Waals surface area contributed by atoms with E-state index < -0.39 is 6.10 Å². The number of benzene rings is 2. The van der Waals surface area contributed by atoms with E-state index in [1.807, 2.05) is 62.4 Å². The lowest BCUT2D eigenvalue weighted by atomic mass is 10.1. The van der Waals surface area contributed by atoms with Gasteiger partial charge in [-0.3, -0.25) is 4.79 Å². The van der Waals surface area contributed by atoms with Crippen LogP contribution in [-0.4, -0.2) is 12.0 Å². The van der Waals surface area contributed by atoms with Gasteiger partial charge in [0.05, 0.1) is 0 Å². The van der Waals surface area contributed by atoms with Gasteiger partial charge in [0.15, 0.2) is 6.10 Å². The van der Waals surface area contributed by atoms with E-state index in [2.05, 4.69) is 5.32 Å². The molecule has 0 saturated carbocycles. The molecule has 1 amide bonds. The maximum absolute atomic E-state index is 12.1. The van der Waals surface area contributed by atoms with Crippen molar-refractivity contribution in [2.75, 3.05) is 5.32 Å². The highest BCUT2D eigenvalue weighted by atomic mass is 16.5. The zero-order valence-corrected chi connectivity index (χ0v) is 12.0. The molecule has 1 atom stereocenters. The maximum Gasteiger partial charge on any atom is 0.265 e. The second-order valence-corrected chi connectivity index (χ2v) is 4.88. The molecule has 0 saturated heterocycles. The molecule has 0 aliphatic carbocycles. The van der Waals surface area contributed by atoms with Crippen molar-refractivity contribution < 1.29 is 9.53 Å². The van der Waals surface area contributed by atoms with Crippen LogP contribution in [-0.2, 0) is 4.79 Å². The number of aryl methyl sites for hydroxylation is 2. The van der Waals surface area contributed by atoms with E-state index in [0.29, 0.717) is 0 Å². The Morgan fingerprint density at radius 2 is 1.80 bits per heavy atom. The number of ether oxygens (including phenoxy) is 1. The summed E-state index contributed by atoms with van der Waals surface area (Å²) in [5.41, 5.74) is 2.98. The van der Waals surface area contributed by atoms with E-state index in [0.717, 1.165) is 17.0 Å². The maximum atomic E-state index is 12.1. The van der Waals surface area contributed by atoms with Crippen LogP contribution in [0.5, 0.6) is 5.75 Å². The minimum atomic E-state index is -0.545. The quantitative estimate of drug-likeness (QED) is 0.919. The van der Waals surface area contributed by atoms with Gasteiger partial charge in [-0.1, -0.05) is 35.9 Å². The summed E-state index contributed by atoms with van der Waals surface area (Å²) in [6.45, 7) is 5.75. The van der Waals surface area contributed by atoms with E-state index in [9.17, 15) is 4.79 Å². The molecule has 0 aliphatic rings. The van der Waals surface area contributed by atoms with Crippen molar-refractivity contribution in [1.29, 1.82) is 0 Å². The largest absolute Gasteiger partial charge is 0.481 e. The number of amides is 1. The third-order valence-corrected chi connectivity index (χ3v) is 3.04. The van der Waals surface area contributed by atoms with Gasteiger partial charge in [0.25, 0.3) is 5.91 Å². The minimum absolute atomic E-state index is 0.156. The standard InChI is InChI=1S/C17H19NO2/c1-12-9-10-16(13(2)11-12)20-14(3)17(19)18-15-7-5-4-6-8-15/h4-11,14H,1-3H3,(H,18,19)/t14-/m1/s1. The Labute approximate surface area is 119 Å². The second kappa shape index (κ2) is 6.24. The third kappa shape index (κ3) is 3.60. The first-order valence-electron chi connectivity index (χ1n) is 6.66. The first-order chi connectivity index (χ1) is 9.56. The SMILES string of the molecule is Cc1ccc(O[C@H](C)C(=O)Nc2ccccc2)c(C)c1. The molecule has 3 heteroatoms. The van der Waals surface area contributed by atoms with Crippen molar-refractivity contribution in [3.8, 4) is 5.75 Å². The van der Waals surface area contributed by atoms with Gasteiger partial charge in [0.1, 0.15) is 5.75 Å². The number of para-hydroxylation sites is 1. The normalized spacial score (nSPS) is 11.8. The van der Waals surface area contributed by atoms with Gasteiger partial charge in [0, 0.05) is 5.69 Å². The highest BCUT2D eigenvalue weighted by Crippen LogP contribution is 2.20. The Bertz CT molecular complexity index is 593. The number of nitrogens with one attached hydrogen (secondary N) is 1. The zero-order chi connectivity index (χ0) is 14.5. The molecule has 3 nitrogen and oxygen atoms in total. The van der Waals surface area contributed by atoms with Crippen molar-refractivity contribution >= 4 is 11.6 Å². The highest BCUT2D eigenvalue weighted by molar-refractivity contribution is 5.94. The summed E-state index contributed by atoms with van der Waals surface area (Å²) in [6, 6.07) is 15.3. The van der Waals surface area contributed by atoms with E-state index in [-0.39, 0.29) is 5.91 Å². The molecular weight excluding hydrogens is 250 g/mol. The molecule has 0 aliphatic heterocycles. The van der Waals surface area contributed by atoms with Crippen molar-refractivity contribution in [2.24, 2.45) is 0 Å². The van der Waals surface area contributed by atoms with Crippen LogP contribution in [0.25, 0.3) is 0 Å². The first kappa shape index (κ1) is 14.1. The van der Waals surface area contributed by atoms with Crippen molar-refractivity contribution in [2.45, 2.75) is 26.9 Å². The van der Waals surface area contributed by atoms with Gasteiger partial charge >= 0.3 is 0 Å². The molecule has 0 radical (unpaired) electrons. The number of rotatable bonds is 4. The van der Waals surface area contributed by atoms with Crippen molar-refractivity contribution in [3.63, 3.8) is 0 Å². The van der Waals surface area contributed by atoms with Gasteiger partial charge in [-0.25, -0.2) is 0 Å². The van der Waals surface area contributed by atoms with Crippen LogP contribution in [0.15, 0.2) is 48.5 Å². The number of carbonyl (C=O) groups is 1. The number of anilines is 1. The van der Waals surface area contributed by atoms with Gasteiger partial charge in [-0.2, -0.15) is 0 Å². The summed E-state index contributed by atoms with van der Waals surface area (Å²) < 4.78 is 5.72. The first-order valence-corrected chi connectivity index (χ1v) is 6.66. The Morgan fingerprint density at radius 3 is 2.45 bits per heavy atom. The fourth-order valence-corrected chi connectivity index (χ4v) is 1.94. The summed E-state index contributed by atoms with van der Waals surface area (Å²) in [5.74, 6) is 0.586. The smallest absolute Gasteiger partial charge is 0.265 e. The summed E-state index contributed by atoms with van der Waals surface area (Å²) in [5, 5.41) is 2.83. The Balaban J connectivity index is 2.00. The number of hydrogen-bond donors (Lipinski definition) is 1. The fourth-order valence-electron chi connectivity index (χ4n) is 1.94. The molecular formula is C17H19NO2. The van der Waals surface area contributed by atoms with Crippen LogP contribution < -0.4 is 10.1 Å². The summed E-state index contributed by atoms with van der Waals surface area (Å²) in [6.07, 6.45) is -0.545. The second-order valence-electron chi connectivity index (χ2n) is 4.88. The Morgan fingerprint density at radius 1 is 1.10 bits per heavy atom. The van der Waals surface area contributed by atoms with E-state index in [4.69, 9.17) is 4.74 Å². The minimum Gasteiger partial charge on any atom is -0.481 e. The van der Waals surface area contributed by atoms with Gasteiger partial charge < -0.3 is 10.1 Å². The monoisotopic (exact) mass is 269 g/mol. The van der Waals surface area contributed by atoms with Gasteiger partial charge in [-0.05, 0) is 44.5 Å². The van der Waals surface area contributed by atoms with Crippen LogP contribution in [0.2, 0.25) is 0 Å². The number of carbonyl (C=O) groups excluding carboxylic acids is 1. The summed E-state index contributed by atoms with van der Waals surface area (Å²) in [4.78, 5) is 12.1. The van der Waals surface area contributed by atoms with Crippen molar-refractivity contribution in [3.05, 3.63) is 59.7 Å². The van der Waals surface area contributed by atoms with E-state index >= 15 is 0 Å². The predicted octanol–water partition coefficient (Wildman–Crippen LogP) is 3.71. The van der Waals surface area contributed by atoms with Crippen LogP contribution in [0.1, 0.15) is 18.1 Å². The highest BCUT2D eigenvalue weighted by Gasteiger charge is 2.15. The Kier molecular flexibility index (Phi) is 4.41. The molecule has 104 valence electrons. The van der Waals surface area contributed by atoms with E-state index in [1.165, 1.54) is 5.56 Å². The molecule has 0 fully saturated rings. The van der Waals surface area contributed by atoms with Crippen LogP contribution in [0.3, 0.4) is 0 Å². The molecule has 0 heterocycles. The lowest BCUT2D eigenvalue weighted by Crippen LogP contribution is -2.30. The van der Waals surface area contributed by atoms with Crippen molar-refractivity contribution in [1.82, 2.24) is 0 Å². The molecule has 20 heavy (non-hydrogen) atoms. The average Bonchev–Trinajstić information content (AvgIpc) is 2.43. The average molecular weight is 269 g/mol. The predicted molar refractivity (Wildman–Crippen MR) is 81.1 cm³/mol. The molecule has 0 aromatic heterocycles. The fraction of sp³-hybridized carbons (Fsp3) is 0.235. The van der Waals surface area contributed by atoms with E-state index in [1.54, 1.807) is 6.92 Å². The molecule has 0 unspecified atom stereocenters. The topological polar surface area (TPSA) is 38.3 Å². The van der Waals surface area contributed by atoms with Crippen LogP contribution in [0, 0.1) is 13.8 Å². The molecule has 2 aromatic carbocycles. The molecule has 0 spiro atoms. The summed E-state index contributed by atoms with van der Waals surface area (Å²) in [7, 11) is 0. The number of hydrogen-bond acceptors (Lipinski definition) is 2. The van der Waals surface area contributed by atoms with Gasteiger partial charge in [0.2, 0.25) is 0 Å². The molecule has 2 aromatic rings. The lowest BCUT2D eigenvalue weighted by Gasteiger charge is -2.16. The van der Waals surface area contributed by atoms with Crippen LogP contribution >= 0.6 is 0 Å². The molecule has 1 N–H and O–H groups in total. The molecule has 2 rings (SSSR count). The zero-order valence-electron chi connectivity index (χ0n) is 12.0. The lowest BCUT2D eigenvalue weighted by molar-refractivity contribution is -0.122. The third-order valence-electron chi connectivity index (χ3n) is 3.04. The van der Waals surface area contributed by atoms with Gasteiger partial charge in [-0.15, -0.1) is 0 Å². The Hall–Kier alpha value is -2.29. The van der Waals surface area contributed by atoms with Crippen LogP contribution in [0.4, 0.5) is 5.69 Å². The summed E-state index contributed by atoms with van der Waals surface area (Å²) >= 11 is 0.